The van der Waals surface area contributed by atoms with Crippen molar-refractivity contribution in [2.75, 3.05) is 6.54 Å². The van der Waals surface area contributed by atoms with Gasteiger partial charge in [0.05, 0.1) is 6.10 Å². The molecule has 2 nitrogen and oxygen atoms in total. The number of thiophene rings is 1. The van der Waals surface area contributed by atoms with Crippen LogP contribution in [0.5, 0.6) is 0 Å². The number of aliphatic hydroxyl groups excluding tert-OH is 1. The van der Waals surface area contributed by atoms with E-state index < -0.39 is 6.10 Å². The van der Waals surface area contributed by atoms with E-state index in [1.54, 1.807) is 0 Å². The van der Waals surface area contributed by atoms with Gasteiger partial charge in [-0.15, -0.1) is 11.3 Å². The summed E-state index contributed by atoms with van der Waals surface area (Å²) in [5, 5.41) is 12.5. The van der Waals surface area contributed by atoms with Gasteiger partial charge in [-0.1, -0.05) is 31.2 Å². The van der Waals surface area contributed by atoms with E-state index in [0.29, 0.717) is 6.54 Å². The molecule has 2 aromatic carbocycles. The highest BCUT2D eigenvalue weighted by molar-refractivity contribution is 7.25. The Morgan fingerprint density at radius 2 is 1.84 bits per heavy atom. The van der Waals surface area contributed by atoms with Gasteiger partial charge >= 0.3 is 0 Å². The molecule has 1 aromatic heterocycles. The highest BCUT2D eigenvalue weighted by Crippen LogP contribution is 2.35. The fourth-order valence-corrected chi connectivity index (χ4v) is 3.54. The van der Waals surface area contributed by atoms with Gasteiger partial charge in [-0.25, -0.2) is 0 Å². The van der Waals surface area contributed by atoms with Crippen molar-refractivity contribution in [3.8, 4) is 0 Å². The van der Waals surface area contributed by atoms with Crippen LogP contribution in [0.1, 0.15) is 18.4 Å². The first-order valence-electron chi connectivity index (χ1n) is 6.50. The van der Waals surface area contributed by atoms with Crippen LogP contribution in [-0.2, 0) is 0 Å². The maximum atomic E-state index is 9.89. The van der Waals surface area contributed by atoms with Gasteiger partial charge in [0.15, 0.2) is 0 Å². The fraction of sp³-hybridized carbons (Fsp3) is 0.250. The summed E-state index contributed by atoms with van der Waals surface area (Å²) in [7, 11) is 0. The average Bonchev–Trinajstić information content (AvgIpc) is 2.83. The van der Waals surface area contributed by atoms with Gasteiger partial charge in [0, 0.05) is 32.6 Å². The standard InChI is InChI=1S/C16H17NOS/c1-10(14(18)9-17)11-6-7-16-13(8-11)12-4-2-3-5-15(12)19-16/h2-8,10,14,18H,9,17H2,1H3. The van der Waals surface area contributed by atoms with Gasteiger partial charge < -0.3 is 10.8 Å². The molecule has 0 bridgehead atoms. The molecule has 98 valence electrons. The second kappa shape index (κ2) is 4.93. The molecule has 3 aromatic rings. The van der Waals surface area contributed by atoms with Crippen molar-refractivity contribution < 1.29 is 5.11 Å². The van der Waals surface area contributed by atoms with Crippen LogP contribution in [0.25, 0.3) is 20.2 Å². The molecule has 0 spiro atoms. The van der Waals surface area contributed by atoms with E-state index in [2.05, 4.69) is 42.5 Å². The fourth-order valence-electron chi connectivity index (χ4n) is 2.45. The Morgan fingerprint density at radius 3 is 2.63 bits per heavy atom. The Bertz CT molecular complexity index is 719. The first-order chi connectivity index (χ1) is 9.20. The predicted octanol–water partition coefficient (Wildman–Crippen LogP) is 3.48. The predicted molar refractivity (Wildman–Crippen MR) is 82.8 cm³/mol. The van der Waals surface area contributed by atoms with Crippen LogP contribution in [0.15, 0.2) is 42.5 Å². The monoisotopic (exact) mass is 271 g/mol. The number of hydrogen-bond acceptors (Lipinski definition) is 3. The summed E-state index contributed by atoms with van der Waals surface area (Å²) in [5.74, 6) is 0.0630. The molecule has 3 rings (SSSR count). The van der Waals surface area contributed by atoms with Gasteiger partial charge in [0.1, 0.15) is 0 Å². The lowest BCUT2D eigenvalue weighted by molar-refractivity contribution is 0.157. The lowest BCUT2D eigenvalue weighted by atomic mass is 9.94. The summed E-state index contributed by atoms with van der Waals surface area (Å²) in [6, 6.07) is 14.9. The second-order valence-corrected chi connectivity index (χ2v) is 6.03. The van der Waals surface area contributed by atoms with Crippen LogP contribution in [0.4, 0.5) is 0 Å². The lowest BCUT2D eigenvalue weighted by Gasteiger charge is -2.17. The van der Waals surface area contributed by atoms with Crippen LogP contribution in [0.2, 0.25) is 0 Å². The highest BCUT2D eigenvalue weighted by atomic mass is 32.1. The zero-order valence-electron chi connectivity index (χ0n) is 10.8. The molecule has 0 fully saturated rings. The van der Waals surface area contributed by atoms with Crippen molar-refractivity contribution in [1.29, 1.82) is 0 Å². The van der Waals surface area contributed by atoms with E-state index in [1.165, 1.54) is 20.2 Å². The molecule has 0 saturated heterocycles. The summed E-state index contributed by atoms with van der Waals surface area (Å²) >= 11 is 1.81. The molecular formula is C16H17NOS. The summed E-state index contributed by atoms with van der Waals surface area (Å²) < 4.78 is 2.60. The molecule has 2 unspecified atom stereocenters. The number of aliphatic hydroxyl groups is 1. The lowest BCUT2D eigenvalue weighted by Crippen LogP contribution is -2.25. The number of nitrogens with two attached hydrogens (primary N) is 1. The average molecular weight is 271 g/mol. The minimum atomic E-state index is -0.484. The molecule has 0 aliphatic rings. The van der Waals surface area contributed by atoms with Gasteiger partial charge in [-0.2, -0.15) is 0 Å². The van der Waals surface area contributed by atoms with Crippen molar-refractivity contribution in [3.63, 3.8) is 0 Å². The number of hydrogen-bond donors (Lipinski definition) is 2. The molecule has 0 aliphatic heterocycles. The molecule has 0 radical (unpaired) electrons. The van der Waals surface area contributed by atoms with Gasteiger partial charge in [-0.3, -0.25) is 0 Å². The quantitative estimate of drug-likeness (QED) is 0.766. The summed E-state index contributed by atoms with van der Waals surface area (Å²) in [6.07, 6.45) is -0.484. The first kappa shape index (κ1) is 12.6. The molecule has 19 heavy (non-hydrogen) atoms. The SMILES string of the molecule is CC(c1ccc2sc3ccccc3c2c1)C(O)CN. The molecular weight excluding hydrogens is 254 g/mol. The molecule has 3 heteroatoms. The van der Waals surface area contributed by atoms with Crippen LogP contribution in [0.3, 0.4) is 0 Å². The maximum Gasteiger partial charge on any atom is 0.0728 e. The van der Waals surface area contributed by atoms with Crippen molar-refractivity contribution in [2.24, 2.45) is 5.73 Å². The Balaban J connectivity index is 2.16. The maximum absolute atomic E-state index is 9.89. The summed E-state index contributed by atoms with van der Waals surface area (Å²) in [6.45, 7) is 2.32. The summed E-state index contributed by atoms with van der Waals surface area (Å²) in [5.41, 5.74) is 6.69. The Labute approximate surface area is 116 Å². The van der Waals surface area contributed by atoms with Crippen LogP contribution >= 0.6 is 11.3 Å². The normalized spacial score (nSPS) is 14.9. The number of fused-ring (bicyclic) bond motifs is 3. The third-order valence-corrected chi connectivity index (χ3v) is 4.90. The van der Waals surface area contributed by atoms with Gasteiger partial charge in [-0.05, 0) is 23.8 Å². The van der Waals surface area contributed by atoms with E-state index in [0.717, 1.165) is 5.56 Å². The largest absolute Gasteiger partial charge is 0.391 e. The Hall–Kier alpha value is -1.42. The Morgan fingerprint density at radius 1 is 1.11 bits per heavy atom. The van der Waals surface area contributed by atoms with Gasteiger partial charge in [0.2, 0.25) is 0 Å². The third-order valence-electron chi connectivity index (χ3n) is 3.75. The van der Waals surface area contributed by atoms with E-state index >= 15 is 0 Å². The zero-order valence-corrected chi connectivity index (χ0v) is 11.7. The molecule has 0 saturated carbocycles. The molecule has 0 amide bonds. The number of rotatable bonds is 3. The van der Waals surface area contributed by atoms with E-state index in [4.69, 9.17) is 5.73 Å². The molecule has 0 aliphatic carbocycles. The van der Waals surface area contributed by atoms with Crippen molar-refractivity contribution in [2.45, 2.75) is 18.9 Å². The molecule has 3 N–H and O–H groups in total. The highest BCUT2D eigenvalue weighted by Gasteiger charge is 2.15. The van der Waals surface area contributed by atoms with Crippen molar-refractivity contribution in [1.82, 2.24) is 0 Å². The van der Waals surface area contributed by atoms with Gasteiger partial charge in [0.25, 0.3) is 0 Å². The van der Waals surface area contributed by atoms with Crippen molar-refractivity contribution in [3.05, 3.63) is 48.0 Å². The van der Waals surface area contributed by atoms with E-state index in [1.807, 2.05) is 18.3 Å². The summed E-state index contributed by atoms with van der Waals surface area (Å²) in [4.78, 5) is 0. The van der Waals surface area contributed by atoms with Crippen LogP contribution in [0, 0.1) is 0 Å². The molecule has 1 heterocycles. The minimum Gasteiger partial charge on any atom is -0.391 e. The van der Waals surface area contributed by atoms with Crippen LogP contribution < -0.4 is 5.73 Å². The number of benzene rings is 2. The Kier molecular flexibility index (Phi) is 3.27. The second-order valence-electron chi connectivity index (χ2n) is 4.95. The van der Waals surface area contributed by atoms with E-state index in [9.17, 15) is 5.11 Å². The smallest absolute Gasteiger partial charge is 0.0728 e. The minimum absolute atomic E-state index is 0.0630. The molecule has 2 atom stereocenters. The zero-order chi connectivity index (χ0) is 13.4. The first-order valence-corrected chi connectivity index (χ1v) is 7.31. The topological polar surface area (TPSA) is 46.2 Å². The third kappa shape index (κ3) is 2.14. The van der Waals surface area contributed by atoms with E-state index in [-0.39, 0.29) is 5.92 Å². The van der Waals surface area contributed by atoms with Crippen LogP contribution in [-0.4, -0.2) is 17.8 Å². The van der Waals surface area contributed by atoms with Crippen molar-refractivity contribution >= 4 is 31.5 Å².